The van der Waals surface area contributed by atoms with Crippen LogP contribution in [0.4, 0.5) is 13.2 Å². The lowest BCUT2D eigenvalue weighted by Gasteiger charge is -2.28. The number of alkyl halides is 2. The van der Waals surface area contributed by atoms with Crippen LogP contribution in [0.25, 0.3) is 22.0 Å². The Balaban J connectivity index is 1.43. The standard InChI is InChI=1S/C23H27F3N6O/c1-31-19(13-32-8-2-3-9-32)17(12-27-31)14-10-16-20(18(24)11-14)29-30-21(16)22(33)28-15-4-6-23(25,26)7-5-15/h10-12,15H,2-9,13H2,1H3,(H,28,33)(H,29,30). The smallest absolute Gasteiger partial charge is 0.272 e. The van der Waals surface area contributed by atoms with Gasteiger partial charge in [-0.25, -0.2) is 13.2 Å². The molecule has 3 heterocycles. The summed E-state index contributed by atoms with van der Waals surface area (Å²) in [5.41, 5.74) is 2.62. The quantitative estimate of drug-likeness (QED) is 0.603. The lowest BCUT2D eigenvalue weighted by atomic mass is 9.92. The molecule has 7 nitrogen and oxygen atoms in total. The molecule has 1 aliphatic heterocycles. The number of nitrogens with one attached hydrogen (secondary N) is 2. The Morgan fingerprint density at radius 2 is 1.97 bits per heavy atom. The Hall–Kier alpha value is -2.88. The number of amides is 1. The van der Waals surface area contributed by atoms with E-state index in [9.17, 15) is 18.0 Å². The Kier molecular flexibility index (Phi) is 5.64. The molecule has 1 aromatic carbocycles. The summed E-state index contributed by atoms with van der Waals surface area (Å²) in [7, 11) is 1.87. The molecule has 1 saturated carbocycles. The van der Waals surface area contributed by atoms with Crippen molar-refractivity contribution in [2.45, 2.75) is 57.0 Å². The van der Waals surface area contributed by atoms with Crippen LogP contribution < -0.4 is 5.32 Å². The number of aromatic nitrogens is 4. The molecule has 1 aliphatic carbocycles. The van der Waals surface area contributed by atoms with Crippen molar-refractivity contribution in [3.05, 3.63) is 35.5 Å². The molecule has 1 amide bonds. The van der Waals surface area contributed by atoms with Crippen LogP contribution in [0.15, 0.2) is 18.3 Å². The third-order valence-corrected chi connectivity index (χ3v) is 6.84. The molecule has 33 heavy (non-hydrogen) atoms. The molecule has 0 atom stereocenters. The van der Waals surface area contributed by atoms with E-state index in [4.69, 9.17) is 0 Å². The van der Waals surface area contributed by atoms with Crippen molar-refractivity contribution in [1.82, 2.24) is 30.2 Å². The van der Waals surface area contributed by atoms with E-state index in [0.29, 0.717) is 10.9 Å². The number of nitrogens with zero attached hydrogens (tertiary/aromatic N) is 4. The fraction of sp³-hybridized carbons (Fsp3) is 0.522. The van der Waals surface area contributed by atoms with Gasteiger partial charge in [-0.2, -0.15) is 10.2 Å². The number of hydrogen-bond acceptors (Lipinski definition) is 4. The van der Waals surface area contributed by atoms with Crippen LogP contribution in [0.1, 0.15) is 54.7 Å². The molecule has 2 fully saturated rings. The molecule has 0 unspecified atom stereocenters. The molecule has 3 aromatic rings. The highest BCUT2D eigenvalue weighted by atomic mass is 19.3. The number of rotatable bonds is 5. The summed E-state index contributed by atoms with van der Waals surface area (Å²) in [5, 5.41) is 14.2. The predicted molar refractivity (Wildman–Crippen MR) is 117 cm³/mol. The number of H-pyrrole nitrogens is 1. The van der Waals surface area contributed by atoms with Gasteiger partial charge in [-0.05, 0) is 56.5 Å². The minimum absolute atomic E-state index is 0.0630. The minimum atomic E-state index is -2.67. The summed E-state index contributed by atoms with van der Waals surface area (Å²) < 4.78 is 43.6. The first-order valence-electron chi connectivity index (χ1n) is 11.4. The largest absolute Gasteiger partial charge is 0.348 e. The van der Waals surface area contributed by atoms with E-state index >= 15 is 0 Å². The summed E-state index contributed by atoms with van der Waals surface area (Å²) >= 11 is 0. The van der Waals surface area contributed by atoms with E-state index in [1.165, 1.54) is 18.9 Å². The molecule has 0 bridgehead atoms. The van der Waals surface area contributed by atoms with Gasteiger partial charge in [-0.15, -0.1) is 0 Å². The maximum absolute atomic E-state index is 15.0. The van der Waals surface area contributed by atoms with Crippen LogP contribution in [0.3, 0.4) is 0 Å². The number of likely N-dealkylation sites (tertiary alicyclic amines) is 1. The molecule has 5 rings (SSSR count). The zero-order chi connectivity index (χ0) is 23.2. The van der Waals surface area contributed by atoms with Gasteiger partial charge in [0.25, 0.3) is 5.91 Å². The monoisotopic (exact) mass is 460 g/mol. The maximum Gasteiger partial charge on any atom is 0.272 e. The lowest BCUT2D eigenvalue weighted by Crippen LogP contribution is -2.40. The number of halogens is 3. The molecule has 0 spiro atoms. The van der Waals surface area contributed by atoms with Crippen LogP contribution in [0.5, 0.6) is 0 Å². The van der Waals surface area contributed by atoms with Crippen molar-refractivity contribution in [3.63, 3.8) is 0 Å². The molecule has 1 saturated heterocycles. The highest BCUT2D eigenvalue weighted by Crippen LogP contribution is 2.34. The number of carbonyl (C=O) groups is 1. The number of aromatic amines is 1. The third kappa shape index (κ3) is 4.36. The van der Waals surface area contributed by atoms with E-state index in [1.807, 2.05) is 7.05 Å². The first-order valence-corrected chi connectivity index (χ1v) is 11.4. The fourth-order valence-corrected chi connectivity index (χ4v) is 4.89. The third-order valence-electron chi connectivity index (χ3n) is 6.84. The van der Waals surface area contributed by atoms with Gasteiger partial charge < -0.3 is 5.32 Å². The molecular weight excluding hydrogens is 433 g/mol. The van der Waals surface area contributed by atoms with Crippen molar-refractivity contribution in [2.24, 2.45) is 7.05 Å². The molecule has 2 N–H and O–H groups in total. The van der Waals surface area contributed by atoms with Crippen molar-refractivity contribution in [1.29, 1.82) is 0 Å². The van der Waals surface area contributed by atoms with Gasteiger partial charge in [0.15, 0.2) is 5.69 Å². The Bertz CT molecular complexity index is 1170. The van der Waals surface area contributed by atoms with Crippen molar-refractivity contribution in [3.8, 4) is 11.1 Å². The molecule has 0 radical (unpaired) electrons. The second-order valence-corrected chi connectivity index (χ2v) is 9.17. The van der Waals surface area contributed by atoms with Gasteiger partial charge in [-0.3, -0.25) is 19.5 Å². The Morgan fingerprint density at radius 3 is 2.70 bits per heavy atom. The van der Waals surface area contributed by atoms with Gasteiger partial charge >= 0.3 is 0 Å². The van der Waals surface area contributed by atoms with E-state index in [2.05, 4.69) is 25.5 Å². The number of carbonyl (C=O) groups excluding carboxylic acids is 1. The summed E-state index contributed by atoms with van der Waals surface area (Å²) in [6.45, 7) is 2.77. The summed E-state index contributed by atoms with van der Waals surface area (Å²) in [5.74, 6) is -3.67. The lowest BCUT2D eigenvalue weighted by molar-refractivity contribution is -0.0399. The number of benzene rings is 1. The van der Waals surface area contributed by atoms with E-state index in [1.54, 1.807) is 16.9 Å². The van der Waals surface area contributed by atoms with E-state index < -0.39 is 17.6 Å². The maximum atomic E-state index is 15.0. The topological polar surface area (TPSA) is 78.8 Å². The SMILES string of the molecule is Cn1ncc(-c2cc(F)c3[nH]nc(C(=O)NC4CCC(F)(F)CC4)c3c2)c1CN1CCCC1. The van der Waals surface area contributed by atoms with Gasteiger partial charge in [0.1, 0.15) is 11.3 Å². The zero-order valence-electron chi connectivity index (χ0n) is 18.5. The average Bonchev–Trinajstić information content (AvgIpc) is 3.51. The summed E-state index contributed by atoms with van der Waals surface area (Å²) in [6.07, 6.45) is 3.96. The average molecular weight is 461 g/mol. The molecule has 10 heteroatoms. The van der Waals surface area contributed by atoms with Gasteiger partial charge in [-0.1, -0.05) is 0 Å². The van der Waals surface area contributed by atoms with E-state index in [0.717, 1.165) is 30.9 Å². The normalized spacial score (nSPS) is 19.4. The van der Waals surface area contributed by atoms with Crippen LogP contribution in [0, 0.1) is 5.82 Å². The van der Waals surface area contributed by atoms with Gasteiger partial charge in [0, 0.05) is 43.4 Å². The van der Waals surface area contributed by atoms with E-state index in [-0.39, 0.29) is 42.9 Å². The Morgan fingerprint density at radius 1 is 1.24 bits per heavy atom. The number of fused-ring (bicyclic) bond motifs is 1. The zero-order valence-corrected chi connectivity index (χ0v) is 18.5. The van der Waals surface area contributed by atoms with Crippen LogP contribution in [-0.4, -0.2) is 55.8 Å². The highest BCUT2D eigenvalue weighted by Gasteiger charge is 2.35. The fourth-order valence-electron chi connectivity index (χ4n) is 4.89. The minimum Gasteiger partial charge on any atom is -0.348 e. The molecular formula is C23H27F3N6O. The van der Waals surface area contributed by atoms with Crippen molar-refractivity contribution >= 4 is 16.8 Å². The van der Waals surface area contributed by atoms with Crippen molar-refractivity contribution < 1.29 is 18.0 Å². The van der Waals surface area contributed by atoms with Crippen molar-refractivity contribution in [2.75, 3.05) is 13.1 Å². The number of hydrogen-bond donors (Lipinski definition) is 2. The Labute approximate surface area is 189 Å². The predicted octanol–water partition coefficient (Wildman–Crippen LogP) is 4.01. The van der Waals surface area contributed by atoms with Gasteiger partial charge in [0.05, 0.1) is 11.9 Å². The summed E-state index contributed by atoms with van der Waals surface area (Å²) in [6, 6.07) is 2.83. The van der Waals surface area contributed by atoms with Crippen LogP contribution in [-0.2, 0) is 13.6 Å². The second-order valence-electron chi connectivity index (χ2n) is 9.17. The molecule has 2 aromatic heterocycles. The van der Waals surface area contributed by atoms with Crippen LogP contribution >= 0.6 is 0 Å². The second kappa shape index (κ2) is 8.48. The van der Waals surface area contributed by atoms with Gasteiger partial charge in [0.2, 0.25) is 5.92 Å². The summed E-state index contributed by atoms with van der Waals surface area (Å²) in [4.78, 5) is 15.2. The first-order chi connectivity index (χ1) is 15.8. The highest BCUT2D eigenvalue weighted by molar-refractivity contribution is 6.06. The number of aryl methyl sites for hydroxylation is 1. The van der Waals surface area contributed by atoms with Crippen LogP contribution in [0.2, 0.25) is 0 Å². The first kappa shape index (κ1) is 21.9. The molecule has 2 aliphatic rings. The molecule has 176 valence electrons.